The predicted molar refractivity (Wildman–Crippen MR) is 17.3 cm³/mol. The van der Waals surface area contributed by atoms with Gasteiger partial charge in [-0.1, -0.05) is 0 Å². The maximum atomic E-state index is 0. The van der Waals surface area contributed by atoms with Crippen LogP contribution < -0.4 is 0 Å². The largest absolute Gasteiger partial charge is 0 e. The van der Waals surface area contributed by atoms with Gasteiger partial charge in [-0.05, 0) is 0 Å². The monoisotopic (exact) mass is 531 g/mol. The van der Waals surface area contributed by atoms with Crippen LogP contribution in [-0.2, 0) is 36.5 Å². The molecule has 0 aromatic carbocycles. The van der Waals surface area contributed by atoms with E-state index in [1.807, 2.05) is 0 Å². The van der Waals surface area contributed by atoms with Gasteiger partial charge in [0.1, 0.15) is 0 Å². The van der Waals surface area contributed by atoms with E-state index in [0.717, 1.165) is 0 Å². The zero-order valence-electron chi connectivity index (χ0n) is 2.40. The molecule has 11 radical (unpaired) electrons. The summed E-state index contributed by atoms with van der Waals surface area (Å²) in [6.45, 7) is 0. The Balaban J connectivity index is 0. The van der Waals surface area contributed by atoms with Crippen molar-refractivity contribution >= 4 is 69.7 Å². The standard InChI is InChI=1S/As.Cu.Pb.Sb.Zn. The van der Waals surface area contributed by atoms with Gasteiger partial charge in [0.25, 0.3) is 0 Å². The normalized spacial score (nSPS) is 0. The van der Waals surface area contributed by atoms with Crippen molar-refractivity contribution in [2.75, 3.05) is 0 Å². The third-order valence-corrected chi connectivity index (χ3v) is 0. The minimum Gasteiger partial charge on any atom is 0 e. The Morgan fingerprint density at radius 2 is 1.00 bits per heavy atom. The Morgan fingerprint density at radius 3 is 1.00 bits per heavy atom. The predicted octanol–water partition coefficient (Wildman–Crippen LogP) is -1.15. The van der Waals surface area contributed by atoms with E-state index in [9.17, 15) is 0 Å². The van der Waals surface area contributed by atoms with Crippen LogP contribution in [0.5, 0.6) is 0 Å². The molecule has 0 aliphatic rings. The van der Waals surface area contributed by atoms with Gasteiger partial charge < -0.3 is 0 Å². The molecule has 0 bridgehead atoms. The summed E-state index contributed by atoms with van der Waals surface area (Å²) in [6, 6.07) is 0. The van der Waals surface area contributed by atoms with Crippen LogP contribution in [0.25, 0.3) is 0 Å². The van der Waals surface area contributed by atoms with E-state index in [-0.39, 0.29) is 106 Å². The van der Waals surface area contributed by atoms with Crippen LogP contribution in [0.1, 0.15) is 0 Å². The second-order valence-electron chi connectivity index (χ2n) is 0. The molecule has 0 saturated carbocycles. The molecule has 27 valence electrons. The van der Waals surface area contributed by atoms with Gasteiger partial charge in [-0.25, -0.2) is 0 Å². The maximum Gasteiger partial charge on any atom is 0 e. The summed E-state index contributed by atoms with van der Waals surface area (Å²) in [4.78, 5) is 0. The Bertz CT molecular complexity index is 11.6. The summed E-state index contributed by atoms with van der Waals surface area (Å²) in [6.07, 6.45) is 0. The van der Waals surface area contributed by atoms with Crippen molar-refractivity contribution in [2.24, 2.45) is 0 Å². The molecule has 0 heterocycles. The minimum atomic E-state index is 0. The summed E-state index contributed by atoms with van der Waals surface area (Å²) >= 11 is 0. The number of hydrogen-bond donors (Lipinski definition) is 0. The molecule has 0 amide bonds. The SMILES string of the molecule is [As].[Cu].[Pb].[Sb].[Zn]. The van der Waals surface area contributed by atoms with Gasteiger partial charge in [0.15, 0.2) is 0 Å². The van der Waals surface area contributed by atoms with Crippen LogP contribution in [0, 0.1) is 0 Å². The molecule has 0 N–H and O–H groups in total. The quantitative estimate of drug-likeness (QED) is 0.346. The molecular weight excluding hydrogens is 533 g/mol. The van der Waals surface area contributed by atoms with Crippen LogP contribution in [0.3, 0.4) is 0 Å². The molecule has 0 fully saturated rings. The summed E-state index contributed by atoms with van der Waals surface area (Å²) in [5, 5.41) is 0. The zero-order valence-corrected chi connectivity index (χ0v) is 14.6. The molecule has 0 aromatic rings. The molecule has 0 aliphatic carbocycles. The molecule has 0 aromatic heterocycles. The topological polar surface area (TPSA) is 0 Å². The van der Waals surface area contributed by atoms with Crippen molar-refractivity contribution in [2.45, 2.75) is 0 Å². The van der Waals surface area contributed by atoms with Gasteiger partial charge in [-0.2, -0.15) is 0 Å². The second-order valence-corrected chi connectivity index (χ2v) is 0. The number of rotatable bonds is 0. The van der Waals surface area contributed by atoms with Gasteiger partial charge in [0.05, 0.1) is 0 Å². The molecule has 0 spiro atoms. The van der Waals surface area contributed by atoms with Crippen LogP contribution >= 0.6 is 0 Å². The van der Waals surface area contributed by atoms with Crippen molar-refractivity contribution in [1.29, 1.82) is 0 Å². The van der Waals surface area contributed by atoms with E-state index in [2.05, 4.69) is 0 Å². The summed E-state index contributed by atoms with van der Waals surface area (Å²) < 4.78 is 0. The first-order valence-corrected chi connectivity index (χ1v) is 0. The van der Waals surface area contributed by atoms with E-state index < -0.39 is 0 Å². The molecular formula is AsCuPbSbZn. The number of hydrogen-bond acceptors (Lipinski definition) is 0. The van der Waals surface area contributed by atoms with Crippen molar-refractivity contribution < 1.29 is 36.5 Å². The fourth-order valence-electron chi connectivity index (χ4n) is 0. The van der Waals surface area contributed by atoms with E-state index in [1.165, 1.54) is 0 Å². The maximum absolute atomic E-state index is 0. The Kier molecular flexibility index (Phi) is 206. The fourth-order valence-corrected chi connectivity index (χ4v) is 0. The van der Waals surface area contributed by atoms with Gasteiger partial charge in [0, 0.05) is 106 Å². The van der Waals surface area contributed by atoms with Crippen LogP contribution in [0.15, 0.2) is 0 Å². The van der Waals surface area contributed by atoms with Crippen LogP contribution in [0.4, 0.5) is 0 Å². The molecule has 0 aliphatic heterocycles. The summed E-state index contributed by atoms with van der Waals surface area (Å²) in [5.74, 6) is 0. The van der Waals surface area contributed by atoms with Gasteiger partial charge >= 0.3 is 0 Å². The van der Waals surface area contributed by atoms with E-state index in [4.69, 9.17) is 0 Å². The summed E-state index contributed by atoms with van der Waals surface area (Å²) in [5.41, 5.74) is 0. The summed E-state index contributed by atoms with van der Waals surface area (Å²) in [7, 11) is 0. The molecule has 0 saturated heterocycles. The van der Waals surface area contributed by atoms with E-state index in [0.29, 0.717) is 0 Å². The Hall–Kier alpha value is 3.44. The van der Waals surface area contributed by atoms with Crippen molar-refractivity contribution in [1.82, 2.24) is 0 Å². The third-order valence-electron chi connectivity index (χ3n) is 0. The fraction of sp³-hybridized carbons (Fsp3) is 0. The first-order chi connectivity index (χ1) is 0. The first kappa shape index (κ1) is 39.5. The van der Waals surface area contributed by atoms with Crippen LogP contribution in [0.2, 0.25) is 0 Å². The minimum absolute atomic E-state index is 0. The molecule has 0 atom stereocenters. The Labute approximate surface area is 104 Å². The third kappa shape index (κ3) is 18.6. The van der Waals surface area contributed by atoms with E-state index in [1.54, 1.807) is 0 Å². The van der Waals surface area contributed by atoms with Gasteiger partial charge in [-0.15, -0.1) is 0 Å². The average Bonchev–Trinajstić information content (AvgIpc) is 0. The zero-order chi connectivity index (χ0) is 0. The molecule has 0 unspecified atom stereocenters. The molecule has 0 nitrogen and oxygen atoms in total. The molecule has 0 rings (SSSR count). The van der Waals surface area contributed by atoms with Crippen molar-refractivity contribution in [3.8, 4) is 0 Å². The van der Waals surface area contributed by atoms with Gasteiger partial charge in [0.2, 0.25) is 0 Å². The molecule has 5 heavy (non-hydrogen) atoms. The Morgan fingerprint density at radius 1 is 1.00 bits per heavy atom. The van der Waals surface area contributed by atoms with E-state index >= 15 is 0 Å². The van der Waals surface area contributed by atoms with Crippen LogP contribution in [-0.4, -0.2) is 69.7 Å². The van der Waals surface area contributed by atoms with Gasteiger partial charge in [-0.3, -0.25) is 0 Å². The second kappa shape index (κ2) is 26.1. The first-order valence-electron chi connectivity index (χ1n) is 0. The molecule has 5 heteroatoms. The average molecular weight is 533 g/mol. The van der Waals surface area contributed by atoms with Crippen molar-refractivity contribution in [3.63, 3.8) is 0 Å². The smallest absolute Gasteiger partial charge is 0 e. The van der Waals surface area contributed by atoms with Crippen molar-refractivity contribution in [3.05, 3.63) is 0 Å².